The van der Waals surface area contributed by atoms with Crippen LogP contribution >= 0.6 is 22.6 Å². The van der Waals surface area contributed by atoms with E-state index < -0.39 is 0 Å². The van der Waals surface area contributed by atoms with Crippen LogP contribution in [-0.4, -0.2) is 18.6 Å². The maximum atomic E-state index is 11.9. The maximum Gasteiger partial charge on any atom is 0.229 e. The van der Waals surface area contributed by atoms with Crippen molar-refractivity contribution in [2.24, 2.45) is 5.92 Å². The van der Waals surface area contributed by atoms with E-state index in [1.165, 1.54) is 0 Å². The molecule has 2 unspecified atom stereocenters. The van der Waals surface area contributed by atoms with Crippen molar-refractivity contribution in [2.45, 2.75) is 19.4 Å². The quantitative estimate of drug-likeness (QED) is 0.846. The van der Waals surface area contributed by atoms with Gasteiger partial charge in [0, 0.05) is 9.26 Å². The molecule has 0 bridgehead atoms. The minimum absolute atomic E-state index is 0.00530. The van der Waals surface area contributed by atoms with Gasteiger partial charge in [-0.2, -0.15) is 0 Å². The SMILES string of the molecule is CC1CC(C(=O)Nc2ccc(I)cc2)CO1. The van der Waals surface area contributed by atoms with Crippen molar-refractivity contribution >= 4 is 34.2 Å². The minimum atomic E-state index is -0.00530. The highest BCUT2D eigenvalue weighted by Gasteiger charge is 2.28. The number of amides is 1. The van der Waals surface area contributed by atoms with Crippen LogP contribution in [0.15, 0.2) is 24.3 Å². The minimum Gasteiger partial charge on any atom is -0.378 e. The number of anilines is 1. The monoisotopic (exact) mass is 331 g/mol. The third-order valence-electron chi connectivity index (χ3n) is 2.68. The normalized spacial score (nSPS) is 24.4. The maximum absolute atomic E-state index is 11.9. The molecule has 0 aromatic heterocycles. The Hall–Kier alpha value is -0.620. The Morgan fingerprint density at radius 3 is 2.69 bits per heavy atom. The molecule has 1 saturated heterocycles. The fourth-order valence-electron chi connectivity index (χ4n) is 1.78. The van der Waals surface area contributed by atoms with Crippen LogP contribution in [0.5, 0.6) is 0 Å². The first-order valence-corrected chi connectivity index (χ1v) is 6.41. The summed E-state index contributed by atoms with van der Waals surface area (Å²) in [5.74, 6) is 0.0554. The Kier molecular flexibility index (Phi) is 3.81. The molecule has 1 aromatic carbocycles. The second kappa shape index (κ2) is 5.14. The van der Waals surface area contributed by atoms with Crippen LogP contribution in [0.2, 0.25) is 0 Å². The van der Waals surface area contributed by atoms with E-state index in [0.717, 1.165) is 15.7 Å². The van der Waals surface area contributed by atoms with E-state index in [0.29, 0.717) is 6.61 Å². The lowest BCUT2D eigenvalue weighted by Crippen LogP contribution is -2.22. The van der Waals surface area contributed by atoms with Crippen LogP contribution in [0.25, 0.3) is 0 Å². The van der Waals surface area contributed by atoms with E-state index in [1.54, 1.807) is 0 Å². The number of halogens is 1. The highest BCUT2D eigenvalue weighted by Crippen LogP contribution is 2.21. The van der Waals surface area contributed by atoms with Crippen molar-refractivity contribution in [3.05, 3.63) is 27.8 Å². The van der Waals surface area contributed by atoms with Gasteiger partial charge in [0.05, 0.1) is 18.6 Å². The Bertz CT molecular complexity index is 377. The first-order valence-electron chi connectivity index (χ1n) is 5.33. The number of carbonyl (C=O) groups excluding carboxylic acids is 1. The third-order valence-corrected chi connectivity index (χ3v) is 3.40. The van der Waals surface area contributed by atoms with Crippen LogP contribution in [0, 0.1) is 9.49 Å². The number of nitrogens with one attached hydrogen (secondary N) is 1. The number of ether oxygens (including phenoxy) is 1. The van der Waals surface area contributed by atoms with Gasteiger partial charge in [-0.25, -0.2) is 0 Å². The standard InChI is InChI=1S/C12H14INO2/c1-8-6-9(7-16-8)12(15)14-11-4-2-10(13)3-5-11/h2-5,8-9H,6-7H2,1H3,(H,14,15). The van der Waals surface area contributed by atoms with Gasteiger partial charge in [-0.05, 0) is 60.2 Å². The van der Waals surface area contributed by atoms with Gasteiger partial charge in [-0.1, -0.05) is 0 Å². The molecule has 1 aliphatic heterocycles. The van der Waals surface area contributed by atoms with Crippen LogP contribution in [-0.2, 0) is 9.53 Å². The number of rotatable bonds is 2. The molecular formula is C12H14INO2. The molecule has 2 atom stereocenters. The van der Waals surface area contributed by atoms with E-state index in [-0.39, 0.29) is 17.9 Å². The number of benzene rings is 1. The molecule has 1 amide bonds. The van der Waals surface area contributed by atoms with Gasteiger partial charge in [-0.15, -0.1) is 0 Å². The second-order valence-electron chi connectivity index (χ2n) is 4.07. The molecule has 0 spiro atoms. The molecule has 3 nitrogen and oxygen atoms in total. The molecule has 1 aromatic rings. The lowest BCUT2D eigenvalue weighted by atomic mass is 10.1. The topological polar surface area (TPSA) is 38.3 Å². The van der Waals surface area contributed by atoms with Crippen molar-refractivity contribution < 1.29 is 9.53 Å². The molecule has 86 valence electrons. The summed E-state index contributed by atoms with van der Waals surface area (Å²) in [7, 11) is 0. The second-order valence-corrected chi connectivity index (χ2v) is 5.32. The van der Waals surface area contributed by atoms with Crippen molar-refractivity contribution in [3.63, 3.8) is 0 Å². The molecule has 0 radical (unpaired) electrons. The zero-order chi connectivity index (χ0) is 11.5. The van der Waals surface area contributed by atoms with Crippen molar-refractivity contribution in [1.29, 1.82) is 0 Å². The Balaban J connectivity index is 1.94. The third kappa shape index (κ3) is 2.95. The molecule has 2 rings (SSSR count). The smallest absolute Gasteiger partial charge is 0.229 e. The number of carbonyl (C=O) groups is 1. The number of hydrogen-bond donors (Lipinski definition) is 1. The van der Waals surface area contributed by atoms with Gasteiger partial charge >= 0.3 is 0 Å². The summed E-state index contributed by atoms with van der Waals surface area (Å²) >= 11 is 2.24. The summed E-state index contributed by atoms with van der Waals surface area (Å²) in [5.41, 5.74) is 0.852. The van der Waals surface area contributed by atoms with Gasteiger partial charge in [0.1, 0.15) is 0 Å². The lowest BCUT2D eigenvalue weighted by molar-refractivity contribution is -0.119. The summed E-state index contributed by atoms with van der Waals surface area (Å²) in [6.07, 6.45) is 1.02. The summed E-state index contributed by atoms with van der Waals surface area (Å²) < 4.78 is 6.54. The summed E-state index contributed by atoms with van der Waals surface area (Å²) in [4.78, 5) is 11.9. The van der Waals surface area contributed by atoms with Crippen LogP contribution in [0.3, 0.4) is 0 Å². The van der Waals surface area contributed by atoms with Gasteiger partial charge in [-0.3, -0.25) is 4.79 Å². The average molecular weight is 331 g/mol. The van der Waals surface area contributed by atoms with Crippen molar-refractivity contribution in [3.8, 4) is 0 Å². The first kappa shape index (κ1) is 11.9. The molecule has 0 saturated carbocycles. The van der Waals surface area contributed by atoms with Gasteiger partial charge in [0.2, 0.25) is 5.91 Å². The van der Waals surface area contributed by atoms with E-state index in [9.17, 15) is 4.79 Å². The molecule has 1 heterocycles. The molecular weight excluding hydrogens is 317 g/mol. The summed E-state index contributed by atoms with van der Waals surface area (Å²) in [6.45, 7) is 2.54. The Morgan fingerprint density at radius 2 is 2.12 bits per heavy atom. The van der Waals surface area contributed by atoms with Crippen LogP contribution in [0.4, 0.5) is 5.69 Å². The summed E-state index contributed by atoms with van der Waals surface area (Å²) in [6, 6.07) is 7.78. The van der Waals surface area contributed by atoms with E-state index in [2.05, 4.69) is 27.9 Å². The van der Waals surface area contributed by atoms with Gasteiger partial charge in [0.25, 0.3) is 0 Å². The zero-order valence-corrected chi connectivity index (χ0v) is 11.2. The van der Waals surface area contributed by atoms with Crippen LogP contribution in [0.1, 0.15) is 13.3 Å². The Labute approximate surface area is 109 Å². The molecule has 0 aliphatic carbocycles. The predicted octanol–water partition coefficient (Wildman–Crippen LogP) is 2.65. The highest BCUT2D eigenvalue weighted by molar-refractivity contribution is 14.1. The van der Waals surface area contributed by atoms with E-state index in [1.807, 2.05) is 31.2 Å². The molecule has 16 heavy (non-hydrogen) atoms. The molecule has 4 heteroatoms. The van der Waals surface area contributed by atoms with Gasteiger partial charge < -0.3 is 10.1 Å². The largest absolute Gasteiger partial charge is 0.378 e. The first-order chi connectivity index (χ1) is 7.65. The zero-order valence-electron chi connectivity index (χ0n) is 9.07. The fourth-order valence-corrected chi connectivity index (χ4v) is 2.14. The molecule has 1 aliphatic rings. The predicted molar refractivity (Wildman–Crippen MR) is 71.3 cm³/mol. The van der Waals surface area contributed by atoms with E-state index in [4.69, 9.17) is 4.74 Å². The lowest BCUT2D eigenvalue weighted by Gasteiger charge is -2.09. The number of hydrogen-bond acceptors (Lipinski definition) is 2. The molecule has 1 N–H and O–H groups in total. The summed E-state index contributed by atoms with van der Waals surface area (Å²) in [5, 5.41) is 2.91. The fraction of sp³-hybridized carbons (Fsp3) is 0.417. The van der Waals surface area contributed by atoms with Crippen molar-refractivity contribution in [2.75, 3.05) is 11.9 Å². The van der Waals surface area contributed by atoms with Gasteiger partial charge in [0.15, 0.2) is 0 Å². The highest BCUT2D eigenvalue weighted by atomic mass is 127. The average Bonchev–Trinajstić information content (AvgIpc) is 2.68. The molecule has 1 fully saturated rings. The van der Waals surface area contributed by atoms with E-state index >= 15 is 0 Å². The Morgan fingerprint density at radius 1 is 1.44 bits per heavy atom. The van der Waals surface area contributed by atoms with Crippen molar-refractivity contribution in [1.82, 2.24) is 0 Å². The van der Waals surface area contributed by atoms with Crippen LogP contribution < -0.4 is 5.32 Å².